The molecule has 0 bridgehead atoms. The fraction of sp³-hybridized carbons (Fsp3) is 0.444. The molecule has 1 unspecified atom stereocenters. The van der Waals surface area contributed by atoms with Gasteiger partial charge in [-0.3, -0.25) is 0 Å². The predicted molar refractivity (Wildman–Crippen MR) is 67.0 cm³/mol. The Bertz CT molecular complexity index is 551. The maximum Gasteiger partial charge on any atom is 0.277 e. The van der Waals surface area contributed by atoms with Crippen LogP contribution >= 0.6 is 11.6 Å². The van der Waals surface area contributed by atoms with Gasteiger partial charge >= 0.3 is 0 Å². The predicted octanol–water partition coefficient (Wildman–Crippen LogP) is -0.106. The maximum atomic E-state index is 11.5. The van der Waals surface area contributed by atoms with Gasteiger partial charge in [0.25, 0.3) is 10.2 Å². The molecule has 1 atom stereocenters. The van der Waals surface area contributed by atoms with Crippen LogP contribution in [0.1, 0.15) is 11.6 Å². The van der Waals surface area contributed by atoms with E-state index in [1.54, 1.807) is 6.07 Å². The number of halogens is 1. The monoisotopic (exact) mass is 292 g/mol. The number of pyridine rings is 1. The lowest BCUT2D eigenvalue weighted by Gasteiger charge is -2.33. The minimum absolute atomic E-state index is 0.168. The Morgan fingerprint density at radius 3 is 2.94 bits per heavy atom. The summed E-state index contributed by atoms with van der Waals surface area (Å²) in [6, 6.07) is 0.976. The van der Waals surface area contributed by atoms with Crippen LogP contribution in [0.25, 0.3) is 0 Å². The van der Waals surface area contributed by atoms with E-state index >= 15 is 0 Å². The molecule has 1 aromatic heterocycles. The first-order valence-electron chi connectivity index (χ1n) is 5.18. The fourth-order valence-corrected chi connectivity index (χ4v) is 2.94. The van der Waals surface area contributed by atoms with Gasteiger partial charge in [-0.05, 0) is 6.07 Å². The Balaban J connectivity index is 2.43. The third-order valence-corrected chi connectivity index (χ3v) is 4.06. The summed E-state index contributed by atoms with van der Waals surface area (Å²) in [6.07, 6.45) is 1.40. The number of hydrogen-bond donors (Lipinski definition) is 2. The lowest BCUT2D eigenvalue weighted by molar-refractivity contribution is 0.0320. The van der Waals surface area contributed by atoms with Crippen molar-refractivity contribution in [3.05, 3.63) is 23.0 Å². The molecule has 2 rings (SSSR count). The number of hydrogen-bond acceptors (Lipinski definition) is 5. The standard InChI is InChI=1S/C9H13ClN4O3S/c10-9-7(3-6(11)4-13-9)8-5-17-2-1-14(8)18(12,15)16/h3-4,8H,1-2,5,11H2,(H2,12,15,16). The highest BCUT2D eigenvalue weighted by Gasteiger charge is 2.33. The Kier molecular flexibility index (Phi) is 3.74. The summed E-state index contributed by atoms with van der Waals surface area (Å²) < 4.78 is 29.4. The minimum atomic E-state index is -3.83. The molecule has 1 aliphatic heterocycles. The molecule has 0 spiro atoms. The Hall–Kier alpha value is -0.930. The average Bonchev–Trinajstić information content (AvgIpc) is 2.31. The highest BCUT2D eigenvalue weighted by atomic mass is 35.5. The number of anilines is 1. The first kappa shape index (κ1) is 13.5. The molecule has 2 heterocycles. The van der Waals surface area contributed by atoms with Crippen LogP contribution in [0.5, 0.6) is 0 Å². The quantitative estimate of drug-likeness (QED) is 0.739. The first-order chi connectivity index (χ1) is 8.39. The van der Waals surface area contributed by atoms with Crippen molar-refractivity contribution >= 4 is 27.5 Å². The van der Waals surface area contributed by atoms with Crippen molar-refractivity contribution in [1.82, 2.24) is 9.29 Å². The molecule has 1 aromatic rings. The van der Waals surface area contributed by atoms with Crippen LogP contribution in [-0.2, 0) is 14.9 Å². The highest BCUT2D eigenvalue weighted by molar-refractivity contribution is 7.86. The molecule has 1 aliphatic rings. The van der Waals surface area contributed by atoms with E-state index in [9.17, 15) is 8.42 Å². The van der Waals surface area contributed by atoms with Crippen LogP contribution < -0.4 is 10.9 Å². The smallest absolute Gasteiger partial charge is 0.277 e. The van der Waals surface area contributed by atoms with Crippen molar-refractivity contribution in [2.24, 2.45) is 5.14 Å². The second-order valence-corrected chi connectivity index (χ2v) is 5.75. The number of nitrogens with zero attached hydrogens (tertiary/aromatic N) is 2. The maximum absolute atomic E-state index is 11.5. The Labute approximate surface area is 110 Å². The van der Waals surface area contributed by atoms with Crippen molar-refractivity contribution in [2.75, 3.05) is 25.5 Å². The van der Waals surface area contributed by atoms with E-state index in [0.717, 1.165) is 4.31 Å². The summed E-state index contributed by atoms with van der Waals surface area (Å²) >= 11 is 5.96. The topological polar surface area (TPSA) is 112 Å². The van der Waals surface area contributed by atoms with Crippen molar-refractivity contribution in [1.29, 1.82) is 0 Å². The molecule has 100 valence electrons. The van der Waals surface area contributed by atoms with Gasteiger partial charge in [-0.25, -0.2) is 10.1 Å². The van der Waals surface area contributed by atoms with Gasteiger partial charge in [0.05, 0.1) is 31.1 Å². The molecule has 18 heavy (non-hydrogen) atoms. The molecular formula is C9H13ClN4O3S. The van der Waals surface area contributed by atoms with Crippen molar-refractivity contribution in [3.63, 3.8) is 0 Å². The van der Waals surface area contributed by atoms with Crippen LogP contribution in [0.2, 0.25) is 5.15 Å². The first-order valence-corrected chi connectivity index (χ1v) is 7.06. The minimum Gasteiger partial charge on any atom is -0.397 e. The van der Waals surface area contributed by atoms with E-state index < -0.39 is 16.3 Å². The van der Waals surface area contributed by atoms with Crippen molar-refractivity contribution in [3.8, 4) is 0 Å². The molecule has 0 aliphatic carbocycles. The van der Waals surface area contributed by atoms with E-state index in [4.69, 9.17) is 27.2 Å². The summed E-state index contributed by atoms with van der Waals surface area (Å²) in [5.74, 6) is 0. The molecule has 9 heteroatoms. The summed E-state index contributed by atoms with van der Waals surface area (Å²) in [4.78, 5) is 3.89. The van der Waals surface area contributed by atoms with Gasteiger partial charge in [-0.15, -0.1) is 0 Å². The number of nitrogens with two attached hydrogens (primary N) is 2. The zero-order valence-electron chi connectivity index (χ0n) is 9.41. The van der Waals surface area contributed by atoms with Crippen LogP contribution in [0, 0.1) is 0 Å². The van der Waals surface area contributed by atoms with Crippen molar-refractivity contribution in [2.45, 2.75) is 6.04 Å². The van der Waals surface area contributed by atoms with Crippen LogP contribution in [-0.4, -0.2) is 37.5 Å². The molecule has 0 radical (unpaired) electrons. The zero-order chi connectivity index (χ0) is 13.3. The Morgan fingerprint density at radius 1 is 1.56 bits per heavy atom. The summed E-state index contributed by atoms with van der Waals surface area (Å²) in [5.41, 5.74) is 6.52. The summed E-state index contributed by atoms with van der Waals surface area (Å²) in [7, 11) is -3.83. The molecule has 7 nitrogen and oxygen atoms in total. The molecular weight excluding hydrogens is 280 g/mol. The SMILES string of the molecule is Nc1cnc(Cl)c(C2COCCN2S(N)(=O)=O)c1. The molecule has 0 amide bonds. The van der Waals surface area contributed by atoms with Gasteiger partial charge < -0.3 is 10.5 Å². The van der Waals surface area contributed by atoms with Crippen molar-refractivity contribution < 1.29 is 13.2 Å². The van der Waals surface area contributed by atoms with E-state index in [0.29, 0.717) is 17.9 Å². The highest BCUT2D eigenvalue weighted by Crippen LogP contribution is 2.30. The van der Waals surface area contributed by atoms with Gasteiger partial charge in [0, 0.05) is 12.1 Å². The second-order valence-electron chi connectivity index (χ2n) is 3.90. The summed E-state index contributed by atoms with van der Waals surface area (Å²) in [5, 5.41) is 5.36. The van der Waals surface area contributed by atoms with Crippen LogP contribution in [0.3, 0.4) is 0 Å². The fourth-order valence-electron chi connectivity index (χ4n) is 1.85. The third kappa shape index (κ3) is 2.73. The molecule has 0 saturated carbocycles. The number of morpholine rings is 1. The summed E-state index contributed by atoms with van der Waals surface area (Å²) in [6.45, 7) is 0.635. The largest absolute Gasteiger partial charge is 0.397 e. The van der Waals surface area contributed by atoms with Crippen LogP contribution in [0.15, 0.2) is 12.3 Å². The third-order valence-electron chi connectivity index (χ3n) is 2.65. The van der Waals surface area contributed by atoms with E-state index in [1.165, 1.54) is 6.20 Å². The molecule has 4 N–H and O–H groups in total. The molecule has 0 aromatic carbocycles. The van der Waals surface area contributed by atoms with Gasteiger partial charge in [-0.1, -0.05) is 11.6 Å². The number of aromatic nitrogens is 1. The Morgan fingerprint density at radius 2 is 2.28 bits per heavy atom. The van der Waals surface area contributed by atoms with E-state index in [2.05, 4.69) is 4.98 Å². The number of nitrogen functional groups attached to an aromatic ring is 1. The van der Waals surface area contributed by atoms with Gasteiger partial charge in [0.15, 0.2) is 0 Å². The number of rotatable bonds is 2. The van der Waals surface area contributed by atoms with Gasteiger partial charge in [0.1, 0.15) is 5.15 Å². The van der Waals surface area contributed by atoms with Gasteiger partial charge in [0.2, 0.25) is 0 Å². The number of ether oxygens (including phenoxy) is 1. The zero-order valence-corrected chi connectivity index (χ0v) is 11.0. The lowest BCUT2D eigenvalue weighted by atomic mass is 10.1. The van der Waals surface area contributed by atoms with Crippen LogP contribution in [0.4, 0.5) is 5.69 Å². The lowest BCUT2D eigenvalue weighted by Crippen LogP contribution is -2.46. The van der Waals surface area contributed by atoms with E-state index in [1.807, 2.05) is 0 Å². The van der Waals surface area contributed by atoms with Gasteiger partial charge in [-0.2, -0.15) is 12.7 Å². The average molecular weight is 293 g/mol. The van der Waals surface area contributed by atoms with E-state index in [-0.39, 0.29) is 18.3 Å². The molecule has 1 saturated heterocycles. The normalized spacial score (nSPS) is 22.0. The second kappa shape index (κ2) is 4.98. The molecule has 1 fully saturated rings.